The summed E-state index contributed by atoms with van der Waals surface area (Å²) in [5, 5.41) is 12.2. The van der Waals surface area contributed by atoms with E-state index in [2.05, 4.69) is 4.37 Å². The van der Waals surface area contributed by atoms with E-state index in [1.165, 1.54) is 11.5 Å². The molecule has 1 heterocycles. The molecule has 0 spiro atoms. The Hall–Kier alpha value is -0.450. The van der Waals surface area contributed by atoms with Crippen LogP contribution in [-0.2, 0) is 5.60 Å². The number of nitrogens with two attached hydrogens (primary N) is 1. The van der Waals surface area contributed by atoms with Crippen LogP contribution in [0.15, 0.2) is 11.4 Å². The maximum absolute atomic E-state index is 10.3. The van der Waals surface area contributed by atoms with Crippen LogP contribution in [0.1, 0.15) is 26.5 Å². The molecule has 1 rings (SSSR count). The van der Waals surface area contributed by atoms with Crippen LogP contribution < -0.4 is 5.73 Å². The number of nitrogens with zero attached hydrogens (tertiary/aromatic N) is 1. The second-order valence-electron chi connectivity index (χ2n) is 4.20. The summed E-state index contributed by atoms with van der Waals surface area (Å²) >= 11 is 1.33. The molecule has 1 aromatic rings. The summed E-state index contributed by atoms with van der Waals surface area (Å²) in [6.07, 6.45) is 0. The van der Waals surface area contributed by atoms with Gasteiger partial charge >= 0.3 is 0 Å². The molecule has 0 radical (unpaired) electrons. The van der Waals surface area contributed by atoms with Crippen molar-refractivity contribution >= 4 is 11.5 Å². The van der Waals surface area contributed by atoms with Gasteiger partial charge in [-0.2, -0.15) is 4.37 Å². The Morgan fingerprint density at radius 2 is 2.15 bits per heavy atom. The van der Waals surface area contributed by atoms with Gasteiger partial charge in [0.15, 0.2) is 0 Å². The molecule has 1 aromatic heterocycles. The molecule has 4 heteroatoms. The lowest BCUT2D eigenvalue weighted by Crippen LogP contribution is -2.46. The number of aromatic nitrogens is 1. The molecule has 1 unspecified atom stereocenters. The average molecular weight is 200 g/mol. The Morgan fingerprint density at radius 1 is 1.54 bits per heavy atom. The lowest BCUT2D eigenvalue weighted by atomic mass is 9.74. The van der Waals surface area contributed by atoms with Gasteiger partial charge in [-0.05, 0) is 23.0 Å². The van der Waals surface area contributed by atoms with Crippen LogP contribution in [-0.4, -0.2) is 16.0 Å². The molecule has 3 N–H and O–H groups in total. The van der Waals surface area contributed by atoms with Crippen molar-refractivity contribution < 1.29 is 5.11 Å². The van der Waals surface area contributed by atoms with Gasteiger partial charge in [-0.25, -0.2) is 0 Å². The van der Waals surface area contributed by atoms with Gasteiger partial charge in [0.1, 0.15) is 5.60 Å². The molecule has 0 bridgehead atoms. The molecule has 0 saturated heterocycles. The Kier molecular flexibility index (Phi) is 2.75. The van der Waals surface area contributed by atoms with Crippen molar-refractivity contribution in [3.8, 4) is 0 Å². The van der Waals surface area contributed by atoms with Gasteiger partial charge in [-0.3, -0.25) is 0 Å². The first-order chi connectivity index (χ1) is 5.92. The number of hydrogen-bond acceptors (Lipinski definition) is 4. The molecule has 0 aliphatic heterocycles. The van der Waals surface area contributed by atoms with Gasteiger partial charge in [0.05, 0.1) is 5.69 Å². The topological polar surface area (TPSA) is 59.1 Å². The third kappa shape index (κ3) is 1.75. The molecule has 0 fully saturated rings. The van der Waals surface area contributed by atoms with E-state index in [1.807, 2.05) is 32.2 Å². The molecule has 1 atom stereocenters. The highest BCUT2D eigenvalue weighted by atomic mass is 32.1. The molecule has 0 aliphatic carbocycles. The van der Waals surface area contributed by atoms with Crippen LogP contribution in [0.5, 0.6) is 0 Å². The second kappa shape index (κ2) is 3.36. The van der Waals surface area contributed by atoms with Crippen molar-refractivity contribution in [2.75, 3.05) is 6.54 Å². The highest BCUT2D eigenvalue weighted by Gasteiger charge is 2.41. The van der Waals surface area contributed by atoms with Crippen LogP contribution in [0.3, 0.4) is 0 Å². The minimum Gasteiger partial charge on any atom is -0.382 e. The highest BCUT2D eigenvalue weighted by Crippen LogP contribution is 2.37. The maximum atomic E-state index is 10.3. The number of rotatable bonds is 2. The summed E-state index contributed by atoms with van der Waals surface area (Å²) in [5.74, 6) is 0. The quantitative estimate of drug-likeness (QED) is 0.757. The van der Waals surface area contributed by atoms with E-state index < -0.39 is 5.60 Å². The van der Waals surface area contributed by atoms with Crippen molar-refractivity contribution in [1.82, 2.24) is 4.37 Å². The van der Waals surface area contributed by atoms with Crippen molar-refractivity contribution in [2.45, 2.75) is 26.4 Å². The summed E-state index contributed by atoms with van der Waals surface area (Å²) in [4.78, 5) is 0. The SMILES string of the molecule is CC(C)(C)C(O)(CN)c1ccsn1. The van der Waals surface area contributed by atoms with Gasteiger partial charge < -0.3 is 10.8 Å². The standard InChI is InChI=1S/C9H16N2OS/c1-8(2,3)9(12,6-10)7-4-5-13-11-7/h4-5,12H,6,10H2,1-3H3. The van der Waals surface area contributed by atoms with Crippen LogP contribution >= 0.6 is 11.5 Å². The molecule has 0 saturated carbocycles. The van der Waals surface area contributed by atoms with Gasteiger partial charge in [0, 0.05) is 11.9 Å². The van der Waals surface area contributed by atoms with Crippen molar-refractivity contribution in [2.24, 2.45) is 11.1 Å². The van der Waals surface area contributed by atoms with Crippen LogP contribution in [0.4, 0.5) is 0 Å². The minimum atomic E-state index is -1.02. The highest BCUT2D eigenvalue weighted by molar-refractivity contribution is 7.03. The summed E-state index contributed by atoms with van der Waals surface area (Å²) in [6.45, 7) is 6.07. The van der Waals surface area contributed by atoms with Gasteiger partial charge in [-0.15, -0.1) is 0 Å². The molecular weight excluding hydrogens is 184 g/mol. The fraction of sp³-hybridized carbons (Fsp3) is 0.667. The summed E-state index contributed by atoms with van der Waals surface area (Å²) in [5.41, 5.74) is 4.96. The first-order valence-electron chi connectivity index (χ1n) is 4.25. The zero-order valence-electron chi connectivity index (χ0n) is 8.24. The van der Waals surface area contributed by atoms with Crippen LogP contribution in [0, 0.1) is 5.41 Å². The van der Waals surface area contributed by atoms with E-state index in [-0.39, 0.29) is 12.0 Å². The largest absolute Gasteiger partial charge is 0.382 e. The van der Waals surface area contributed by atoms with E-state index in [4.69, 9.17) is 5.73 Å². The summed E-state index contributed by atoms with van der Waals surface area (Å²) in [7, 11) is 0. The third-order valence-electron chi connectivity index (χ3n) is 2.40. The smallest absolute Gasteiger partial charge is 0.124 e. The fourth-order valence-electron chi connectivity index (χ4n) is 1.22. The minimum absolute atomic E-state index is 0.195. The Bertz CT molecular complexity index is 266. The van der Waals surface area contributed by atoms with E-state index in [0.29, 0.717) is 5.69 Å². The molecule has 0 amide bonds. The van der Waals surface area contributed by atoms with E-state index in [1.54, 1.807) is 0 Å². The lowest BCUT2D eigenvalue weighted by Gasteiger charge is -2.37. The van der Waals surface area contributed by atoms with Crippen molar-refractivity contribution in [3.63, 3.8) is 0 Å². The van der Waals surface area contributed by atoms with Crippen LogP contribution in [0.25, 0.3) is 0 Å². The molecule has 3 nitrogen and oxygen atoms in total. The van der Waals surface area contributed by atoms with Gasteiger partial charge in [-0.1, -0.05) is 20.8 Å². The number of hydrogen-bond donors (Lipinski definition) is 2. The maximum Gasteiger partial charge on any atom is 0.124 e. The van der Waals surface area contributed by atoms with Crippen molar-refractivity contribution in [1.29, 1.82) is 0 Å². The fourth-order valence-corrected chi connectivity index (χ4v) is 1.80. The summed E-state index contributed by atoms with van der Waals surface area (Å²) < 4.78 is 4.14. The molecule has 74 valence electrons. The Balaban J connectivity index is 3.09. The first kappa shape index (κ1) is 10.6. The van der Waals surface area contributed by atoms with Gasteiger partial charge in [0.25, 0.3) is 0 Å². The van der Waals surface area contributed by atoms with E-state index in [0.717, 1.165) is 0 Å². The Morgan fingerprint density at radius 3 is 2.46 bits per heavy atom. The van der Waals surface area contributed by atoms with Crippen LogP contribution in [0.2, 0.25) is 0 Å². The third-order valence-corrected chi connectivity index (χ3v) is 2.96. The van der Waals surface area contributed by atoms with Crippen molar-refractivity contribution in [3.05, 3.63) is 17.1 Å². The van der Waals surface area contributed by atoms with E-state index in [9.17, 15) is 5.11 Å². The summed E-state index contributed by atoms with van der Waals surface area (Å²) in [6, 6.07) is 1.82. The Labute approximate surface area is 82.8 Å². The molecule has 0 aromatic carbocycles. The predicted octanol–water partition coefficient (Wildman–Crippen LogP) is 1.34. The average Bonchev–Trinajstić information content (AvgIpc) is 2.52. The second-order valence-corrected chi connectivity index (χ2v) is 4.86. The number of aliphatic hydroxyl groups is 1. The first-order valence-corrected chi connectivity index (χ1v) is 5.09. The normalized spacial score (nSPS) is 17.0. The molecular formula is C9H16N2OS. The zero-order valence-corrected chi connectivity index (χ0v) is 9.06. The van der Waals surface area contributed by atoms with Gasteiger partial charge in [0.2, 0.25) is 0 Å². The zero-order chi connectivity index (χ0) is 10.1. The molecule has 0 aliphatic rings. The lowest BCUT2D eigenvalue weighted by molar-refractivity contribution is -0.0585. The predicted molar refractivity (Wildman–Crippen MR) is 54.5 cm³/mol. The monoisotopic (exact) mass is 200 g/mol. The van der Waals surface area contributed by atoms with E-state index >= 15 is 0 Å². The molecule has 13 heavy (non-hydrogen) atoms.